The molecule has 4 nitrogen and oxygen atoms in total. The summed E-state index contributed by atoms with van der Waals surface area (Å²) in [5, 5.41) is 3.28. The number of carbonyl (C=O) groups excluding carboxylic acids is 1. The van der Waals surface area contributed by atoms with Crippen LogP contribution in [0.3, 0.4) is 0 Å². The molecule has 0 aliphatic rings. The molecule has 0 saturated carbocycles. The lowest BCUT2D eigenvalue weighted by Crippen LogP contribution is -2.34. The van der Waals surface area contributed by atoms with Crippen molar-refractivity contribution < 1.29 is 18.0 Å². The van der Waals surface area contributed by atoms with Gasteiger partial charge in [-0.3, -0.25) is 4.79 Å². The molecule has 2 rings (SSSR count). The molecular formula is C12H12F3N3OS2. The first kappa shape index (κ1) is 16.0. The van der Waals surface area contributed by atoms with Crippen LogP contribution >= 0.6 is 23.1 Å². The van der Waals surface area contributed by atoms with Crippen LogP contribution < -0.4 is 5.32 Å². The van der Waals surface area contributed by atoms with E-state index < -0.39 is 18.6 Å². The summed E-state index contributed by atoms with van der Waals surface area (Å²) in [6, 6.07) is 1.95. The molecular weight excluding hydrogens is 323 g/mol. The number of nitrogens with zero attached hydrogens (tertiary/aromatic N) is 2. The van der Waals surface area contributed by atoms with Crippen LogP contribution in [-0.4, -0.2) is 34.3 Å². The summed E-state index contributed by atoms with van der Waals surface area (Å²) in [6.45, 7) is 0.708. The van der Waals surface area contributed by atoms with E-state index in [1.54, 1.807) is 11.3 Å². The number of thioether (sulfide) groups is 1. The van der Waals surface area contributed by atoms with Crippen molar-refractivity contribution in [2.45, 2.75) is 24.5 Å². The SMILES string of the molecule is CCc1cc2c(SCC(=O)NCC(F)(F)F)ncnc2s1. The number of carbonyl (C=O) groups is 1. The van der Waals surface area contributed by atoms with Gasteiger partial charge in [-0.05, 0) is 12.5 Å². The van der Waals surface area contributed by atoms with E-state index in [-0.39, 0.29) is 5.75 Å². The largest absolute Gasteiger partial charge is 0.405 e. The van der Waals surface area contributed by atoms with E-state index in [9.17, 15) is 18.0 Å². The van der Waals surface area contributed by atoms with E-state index in [0.29, 0.717) is 5.03 Å². The molecule has 1 amide bonds. The van der Waals surface area contributed by atoms with Crippen molar-refractivity contribution in [2.75, 3.05) is 12.3 Å². The maximum atomic E-state index is 12.0. The Balaban J connectivity index is 2.00. The minimum Gasteiger partial charge on any atom is -0.346 e. The van der Waals surface area contributed by atoms with Gasteiger partial charge in [-0.15, -0.1) is 11.3 Å². The fourth-order valence-corrected chi connectivity index (χ4v) is 3.36. The Morgan fingerprint density at radius 2 is 2.19 bits per heavy atom. The number of aromatic nitrogens is 2. The Kier molecular flexibility index (Phi) is 5.04. The molecule has 0 aromatic carbocycles. The molecule has 9 heteroatoms. The third-order valence-electron chi connectivity index (χ3n) is 2.52. The molecule has 1 N–H and O–H groups in total. The minimum atomic E-state index is -4.40. The molecule has 0 fully saturated rings. The zero-order valence-corrected chi connectivity index (χ0v) is 12.7. The molecule has 0 atom stereocenters. The molecule has 2 heterocycles. The average Bonchev–Trinajstić information content (AvgIpc) is 2.85. The highest BCUT2D eigenvalue weighted by Crippen LogP contribution is 2.30. The van der Waals surface area contributed by atoms with Gasteiger partial charge in [0.25, 0.3) is 0 Å². The normalized spacial score (nSPS) is 11.8. The maximum Gasteiger partial charge on any atom is 0.405 e. The van der Waals surface area contributed by atoms with Gasteiger partial charge in [0.05, 0.1) is 5.75 Å². The van der Waals surface area contributed by atoms with Crippen LogP contribution in [0.4, 0.5) is 13.2 Å². The van der Waals surface area contributed by atoms with E-state index in [0.717, 1.165) is 33.3 Å². The molecule has 0 bridgehead atoms. The summed E-state index contributed by atoms with van der Waals surface area (Å²) in [5.74, 6) is -0.783. The highest BCUT2D eigenvalue weighted by molar-refractivity contribution is 8.00. The van der Waals surface area contributed by atoms with Crippen molar-refractivity contribution in [3.63, 3.8) is 0 Å². The van der Waals surface area contributed by atoms with E-state index in [4.69, 9.17) is 0 Å². The van der Waals surface area contributed by atoms with Crippen LogP contribution in [0.15, 0.2) is 17.4 Å². The average molecular weight is 335 g/mol. The predicted molar refractivity (Wildman–Crippen MR) is 76.6 cm³/mol. The van der Waals surface area contributed by atoms with Gasteiger partial charge in [0.2, 0.25) is 5.91 Å². The van der Waals surface area contributed by atoms with Crippen molar-refractivity contribution in [1.29, 1.82) is 0 Å². The van der Waals surface area contributed by atoms with E-state index in [1.807, 2.05) is 18.3 Å². The van der Waals surface area contributed by atoms with E-state index >= 15 is 0 Å². The summed E-state index contributed by atoms with van der Waals surface area (Å²) < 4.78 is 36.0. The molecule has 114 valence electrons. The van der Waals surface area contributed by atoms with Crippen LogP contribution in [0.1, 0.15) is 11.8 Å². The Labute approximate surface area is 127 Å². The van der Waals surface area contributed by atoms with Gasteiger partial charge < -0.3 is 5.32 Å². The second-order valence-corrected chi connectivity index (χ2v) is 6.22. The summed E-state index contributed by atoms with van der Waals surface area (Å²) in [7, 11) is 0. The second kappa shape index (κ2) is 6.61. The number of aryl methyl sites for hydroxylation is 1. The topological polar surface area (TPSA) is 54.9 Å². The number of halogens is 3. The smallest absolute Gasteiger partial charge is 0.346 e. The molecule has 0 spiro atoms. The molecule has 0 aliphatic carbocycles. The second-order valence-electron chi connectivity index (χ2n) is 4.14. The number of fused-ring (bicyclic) bond motifs is 1. The molecule has 0 radical (unpaired) electrons. The minimum absolute atomic E-state index is 0.112. The van der Waals surface area contributed by atoms with Crippen molar-refractivity contribution >= 4 is 39.2 Å². The molecule has 0 aliphatic heterocycles. The summed E-state index contributed by atoms with van der Waals surface area (Å²) in [6.07, 6.45) is -2.13. The van der Waals surface area contributed by atoms with Crippen LogP contribution in [0, 0.1) is 0 Å². The number of amides is 1. The lowest BCUT2D eigenvalue weighted by Gasteiger charge is -2.07. The lowest BCUT2D eigenvalue weighted by atomic mass is 10.3. The summed E-state index contributed by atoms with van der Waals surface area (Å²) >= 11 is 2.65. The quantitative estimate of drug-likeness (QED) is 0.674. The number of rotatable bonds is 5. The monoisotopic (exact) mass is 335 g/mol. The van der Waals surface area contributed by atoms with Crippen LogP contribution in [0.2, 0.25) is 0 Å². The van der Waals surface area contributed by atoms with Crippen LogP contribution in [0.5, 0.6) is 0 Å². The van der Waals surface area contributed by atoms with Gasteiger partial charge in [-0.25, -0.2) is 9.97 Å². The Bertz CT molecular complexity index is 642. The standard InChI is InChI=1S/C12H12F3N3OS2/c1-2-7-3-8-10(17-6-18-11(8)21-7)20-4-9(19)16-5-12(13,14)15/h3,6H,2,4-5H2,1H3,(H,16,19). The Morgan fingerprint density at radius 1 is 1.43 bits per heavy atom. The highest BCUT2D eigenvalue weighted by atomic mass is 32.2. The molecule has 2 aromatic heterocycles. The first-order chi connectivity index (χ1) is 9.89. The van der Waals surface area contributed by atoms with Gasteiger partial charge in [-0.1, -0.05) is 18.7 Å². The zero-order valence-electron chi connectivity index (χ0n) is 11.0. The number of hydrogen-bond acceptors (Lipinski definition) is 5. The van der Waals surface area contributed by atoms with E-state index in [1.165, 1.54) is 6.33 Å². The summed E-state index contributed by atoms with van der Waals surface area (Å²) in [4.78, 5) is 21.6. The Morgan fingerprint density at radius 3 is 2.86 bits per heavy atom. The Hall–Kier alpha value is -1.35. The van der Waals surface area contributed by atoms with Crippen molar-refractivity contribution in [3.05, 3.63) is 17.3 Å². The maximum absolute atomic E-state index is 12.0. The van der Waals surface area contributed by atoms with Gasteiger partial charge in [0.15, 0.2) is 0 Å². The predicted octanol–water partition coefficient (Wildman–Crippen LogP) is 3.02. The third-order valence-corrected chi connectivity index (χ3v) is 4.71. The first-order valence-corrected chi connectivity index (χ1v) is 7.89. The molecule has 0 saturated heterocycles. The van der Waals surface area contributed by atoms with Gasteiger partial charge in [-0.2, -0.15) is 13.2 Å². The van der Waals surface area contributed by atoms with Crippen molar-refractivity contribution in [1.82, 2.24) is 15.3 Å². The van der Waals surface area contributed by atoms with Crippen molar-refractivity contribution in [2.24, 2.45) is 0 Å². The molecule has 0 unspecified atom stereocenters. The van der Waals surface area contributed by atoms with Crippen molar-refractivity contribution in [3.8, 4) is 0 Å². The van der Waals surface area contributed by atoms with Crippen LogP contribution in [-0.2, 0) is 11.2 Å². The fourth-order valence-electron chi connectivity index (χ4n) is 1.56. The molecule has 21 heavy (non-hydrogen) atoms. The zero-order chi connectivity index (χ0) is 15.5. The van der Waals surface area contributed by atoms with Gasteiger partial charge in [0.1, 0.15) is 22.7 Å². The number of thiophene rings is 1. The number of hydrogen-bond donors (Lipinski definition) is 1. The van der Waals surface area contributed by atoms with Crippen LogP contribution in [0.25, 0.3) is 10.2 Å². The number of nitrogens with one attached hydrogen (secondary N) is 1. The van der Waals surface area contributed by atoms with E-state index in [2.05, 4.69) is 9.97 Å². The first-order valence-electron chi connectivity index (χ1n) is 6.08. The number of alkyl halides is 3. The lowest BCUT2D eigenvalue weighted by molar-refractivity contribution is -0.136. The highest BCUT2D eigenvalue weighted by Gasteiger charge is 2.27. The third kappa shape index (κ3) is 4.57. The summed E-state index contributed by atoms with van der Waals surface area (Å²) in [5.41, 5.74) is 0. The van der Waals surface area contributed by atoms with Gasteiger partial charge >= 0.3 is 6.18 Å². The molecule has 2 aromatic rings. The van der Waals surface area contributed by atoms with Gasteiger partial charge in [0, 0.05) is 10.3 Å². The fraction of sp³-hybridized carbons (Fsp3) is 0.417.